The Morgan fingerprint density at radius 3 is 2.38 bits per heavy atom. The summed E-state index contributed by atoms with van der Waals surface area (Å²) in [6.45, 7) is 5.74. The van der Waals surface area contributed by atoms with Gasteiger partial charge in [0.05, 0.1) is 12.7 Å². The molecule has 0 aliphatic heterocycles. The zero-order chi connectivity index (χ0) is 11.4. The van der Waals surface area contributed by atoms with Crippen molar-refractivity contribution in [1.29, 1.82) is 0 Å². The van der Waals surface area contributed by atoms with Crippen LogP contribution in [0, 0.1) is 0 Å². The quantitative estimate of drug-likeness (QED) is 0.684. The maximum atomic E-state index is 5.59. The lowest BCUT2D eigenvalue weighted by atomic mass is 10.0. The molecule has 1 aliphatic rings. The number of ether oxygens (including phenoxy) is 2. The average Bonchev–Trinajstić information content (AvgIpc) is 3.09. The SMILES string of the molecule is CC(C)c1ccc(OCCOC2CC2)cc1. The van der Waals surface area contributed by atoms with Crippen LogP contribution >= 0.6 is 0 Å². The van der Waals surface area contributed by atoms with Gasteiger partial charge in [0.2, 0.25) is 0 Å². The zero-order valence-corrected chi connectivity index (χ0v) is 10.1. The van der Waals surface area contributed by atoms with Crippen LogP contribution in [0.1, 0.15) is 38.2 Å². The Balaban J connectivity index is 1.71. The number of benzene rings is 1. The topological polar surface area (TPSA) is 18.5 Å². The van der Waals surface area contributed by atoms with Gasteiger partial charge in [0.25, 0.3) is 0 Å². The largest absolute Gasteiger partial charge is 0.491 e. The van der Waals surface area contributed by atoms with Crippen molar-refractivity contribution in [3.63, 3.8) is 0 Å². The fourth-order valence-corrected chi connectivity index (χ4v) is 1.56. The van der Waals surface area contributed by atoms with Gasteiger partial charge in [-0.05, 0) is 36.5 Å². The molecule has 0 amide bonds. The van der Waals surface area contributed by atoms with Gasteiger partial charge >= 0.3 is 0 Å². The Hall–Kier alpha value is -1.02. The Kier molecular flexibility index (Phi) is 3.83. The normalized spacial score (nSPS) is 15.4. The zero-order valence-electron chi connectivity index (χ0n) is 10.1. The van der Waals surface area contributed by atoms with E-state index in [4.69, 9.17) is 9.47 Å². The highest BCUT2D eigenvalue weighted by Crippen LogP contribution is 2.23. The van der Waals surface area contributed by atoms with Crippen LogP contribution in [-0.2, 0) is 4.74 Å². The van der Waals surface area contributed by atoms with Gasteiger partial charge in [-0.1, -0.05) is 26.0 Å². The van der Waals surface area contributed by atoms with E-state index in [-0.39, 0.29) is 0 Å². The van der Waals surface area contributed by atoms with E-state index in [1.54, 1.807) is 0 Å². The molecule has 2 rings (SSSR count). The molecule has 0 saturated heterocycles. The third-order valence-corrected chi connectivity index (χ3v) is 2.78. The van der Waals surface area contributed by atoms with Gasteiger partial charge in [0, 0.05) is 0 Å². The van der Waals surface area contributed by atoms with Crippen LogP contribution in [0.5, 0.6) is 5.75 Å². The first-order chi connectivity index (χ1) is 7.75. The lowest BCUT2D eigenvalue weighted by Crippen LogP contribution is -2.07. The van der Waals surface area contributed by atoms with Crippen LogP contribution in [0.2, 0.25) is 0 Å². The molecule has 88 valence electrons. The monoisotopic (exact) mass is 220 g/mol. The molecule has 0 N–H and O–H groups in total. The Bertz CT molecular complexity index is 312. The first-order valence-electron chi connectivity index (χ1n) is 6.10. The van der Waals surface area contributed by atoms with E-state index >= 15 is 0 Å². The van der Waals surface area contributed by atoms with Gasteiger partial charge in [-0.2, -0.15) is 0 Å². The third-order valence-electron chi connectivity index (χ3n) is 2.78. The maximum Gasteiger partial charge on any atom is 0.119 e. The van der Waals surface area contributed by atoms with Crippen LogP contribution in [-0.4, -0.2) is 19.3 Å². The highest BCUT2D eigenvalue weighted by molar-refractivity contribution is 5.28. The van der Waals surface area contributed by atoms with Crippen molar-refractivity contribution >= 4 is 0 Å². The number of rotatable bonds is 6. The van der Waals surface area contributed by atoms with Crippen LogP contribution in [0.3, 0.4) is 0 Å². The van der Waals surface area contributed by atoms with E-state index in [0.29, 0.717) is 25.2 Å². The van der Waals surface area contributed by atoms with Gasteiger partial charge in [-0.15, -0.1) is 0 Å². The Morgan fingerprint density at radius 1 is 1.12 bits per heavy atom. The van der Waals surface area contributed by atoms with E-state index in [1.807, 2.05) is 12.1 Å². The second-order valence-corrected chi connectivity index (χ2v) is 4.64. The summed E-state index contributed by atoms with van der Waals surface area (Å²) in [7, 11) is 0. The van der Waals surface area contributed by atoms with Gasteiger partial charge in [-0.3, -0.25) is 0 Å². The van der Waals surface area contributed by atoms with Crippen molar-refractivity contribution in [2.24, 2.45) is 0 Å². The summed E-state index contributed by atoms with van der Waals surface area (Å²) in [4.78, 5) is 0. The summed E-state index contributed by atoms with van der Waals surface area (Å²) in [5.74, 6) is 1.51. The molecule has 0 radical (unpaired) electrons. The summed E-state index contributed by atoms with van der Waals surface area (Å²) in [5, 5.41) is 0. The summed E-state index contributed by atoms with van der Waals surface area (Å²) >= 11 is 0. The van der Waals surface area contributed by atoms with Crippen molar-refractivity contribution in [1.82, 2.24) is 0 Å². The van der Waals surface area contributed by atoms with Crippen LogP contribution in [0.25, 0.3) is 0 Å². The summed E-state index contributed by atoms with van der Waals surface area (Å²) in [6, 6.07) is 8.32. The molecule has 0 aromatic heterocycles. The van der Waals surface area contributed by atoms with E-state index < -0.39 is 0 Å². The number of hydrogen-bond donors (Lipinski definition) is 0. The second kappa shape index (κ2) is 5.35. The Morgan fingerprint density at radius 2 is 1.81 bits per heavy atom. The molecular formula is C14H20O2. The molecule has 1 aliphatic carbocycles. The van der Waals surface area contributed by atoms with Crippen molar-refractivity contribution in [3.8, 4) is 5.75 Å². The molecule has 1 aromatic carbocycles. The van der Waals surface area contributed by atoms with E-state index in [9.17, 15) is 0 Å². The molecule has 1 aromatic rings. The second-order valence-electron chi connectivity index (χ2n) is 4.64. The maximum absolute atomic E-state index is 5.59. The Labute approximate surface area is 97.6 Å². The molecule has 0 atom stereocenters. The molecule has 2 heteroatoms. The number of hydrogen-bond acceptors (Lipinski definition) is 2. The lowest BCUT2D eigenvalue weighted by molar-refractivity contribution is 0.0881. The van der Waals surface area contributed by atoms with Crippen LogP contribution < -0.4 is 4.74 Å². The van der Waals surface area contributed by atoms with Crippen molar-refractivity contribution in [3.05, 3.63) is 29.8 Å². The average molecular weight is 220 g/mol. The summed E-state index contributed by atoms with van der Waals surface area (Å²) < 4.78 is 11.1. The summed E-state index contributed by atoms with van der Waals surface area (Å²) in [6.07, 6.45) is 2.97. The first-order valence-corrected chi connectivity index (χ1v) is 6.10. The molecule has 0 unspecified atom stereocenters. The molecule has 0 heterocycles. The first kappa shape index (κ1) is 11.5. The van der Waals surface area contributed by atoms with Gasteiger partial charge < -0.3 is 9.47 Å². The van der Waals surface area contributed by atoms with Crippen LogP contribution in [0.15, 0.2) is 24.3 Å². The minimum absolute atomic E-state index is 0.520. The molecular weight excluding hydrogens is 200 g/mol. The highest BCUT2D eigenvalue weighted by Gasteiger charge is 2.21. The van der Waals surface area contributed by atoms with E-state index in [2.05, 4.69) is 26.0 Å². The van der Waals surface area contributed by atoms with Crippen LogP contribution in [0.4, 0.5) is 0 Å². The predicted molar refractivity (Wildman–Crippen MR) is 65.0 cm³/mol. The third kappa shape index (κ3) is 3.53. The standard InChI is InChI=1S/C14H20O2/c1-11(2)12-3-5-13(6-4-12)15-9-10-16-14-7-8-14/h3-6,11,14H,7-10H2,1-2H3. The molecule has 0 bridgehead atoms. The molecule has 1 fully saturated rings. The minimum atomic E-state index is 0.520. The minimum Gasteiger partial charge on any atom is -0.491 e. The highest BCUT2D eigenvalue weighted by atomic mass is 16.5. The molecule has 16 heavy (non-hydrogen) atoms. The van der Waals surface area contributed by atoms with Gasteiger partial charge in [0.1, 0.15) is 12.4 Å². The smallest absolute Gasteiger partial charge is 0.119 e. The molecule has 0 spiro atoms. The predicted octanol–water partition coefficient (Wildman–Crippen LogP) is 3.37. The van der Waals surface area contributed by atoms with Gasteiger partial charge in [0.15, 0.2) is 0 Å². The van der Waals surface area contributed by atoms with Gasteiger partial charge in [-0.25, -0.2) is 0 Å². The van der Waals surface area contributed by atoms with E-state index in [0.717, 1.165) is 5.75 Å². The molecule has 1 saturated carbocycles. The fourth-order valence-electron chi connectivity index (χ4n) is 1.56. The fraction of sp³-hybridized carbons (Fsp3) is 0.571. The van der Waals surface area contributed by atoms with Crippen molar-refractivity contribution < 1.29 is 9.47 Å². The van der Waals surface area contributed by atoms with E-state index in [1.165, 1.54) is 18.4 Å². The van der Waals surface area contributed by atoms with Crippen molar-refractivity contribution in [2.45, 2.75) is 38.7 Å². The molecule has 2 nitrogen and oxygen atoms in total. The summed E-state index contributed by atoms with van der Waals surface area (Å²) in [5.41, 5.74) is 1.35. The van der Waals surface area contributed by atoms with Crippen molar-refractivity contribution in [2.75, 3.05) is 13.2 Å². The lowest BCUT2D eigenvalue weighted by Gasteiger charge is -2.09.